The van der Waals surface area contributed by atoms with Gasteiger partial charge in [-0.05, 0) is 48.2 Å². The second-order valence-corrected chi connectivity index (χ2v) is 8.72. The molecule has 2 atom stereocenters. The van der Waals surface area contributed by atoms with Crippen LogP contribution in [0.15, 0.2) is 48.5 Å². The number of hydrogen-bond donors (Lipinski definition) is 0. The fourth-order valence-electron chi connectivity index (χ4n) is 4.36. The van der Waals surface area contributed by atoms with Gasteiger partial charge in [0.1, 0.15) is 21.0 Å². The van der Waals surface area contributed by atoms with Crippen LogP contribution in [0, 0.1) is 0 Å². The maximum absolute atomic E-state index is 13.4. The number of ether oxygens (including phenoxy) is 2. The topological polar surface area (TPSA) is 52.6 Å². The molecular weight excluding hydrogens is 336 g/mol. The molecule has 0 aromatic heterocycles. The monoisotopic (exact) mass is 360 g/mol. The Labute approximate surface area is 149 Å². The molecule has 1 aliphatic rings. The lowest BCUT2D eigenvalue weighted by atomic mass is 9.78. The van der Waals surface area contributed by atoms with Gasteiger partial charge in [0.25, 0.3) is 0 Å². The molecule has 4 nitrogen and oxygen atoms in total. The Balaban J connectivity index is 2.18. The van der Waals surface area contributed by atoms with Gasteiger partial charge in [0.15, 0.2) is 9.84 Å². The van der Waals surface area contributed by atoms with E-state index in [0.717, 1.165) is 22.6 Å². The minimum Gasteiger partial charge on any atom is -0.497 e. The van der Waals surface area contributed by atoms with E-state index in [2.05, 4.69) is 0 Å². The summed E-state index contributed by atoms with van der Waals surface area (Å²) < 4.78 is 35.4. The molecule has 2 aromatic rings. The summed E-state index contributed by atoms with van der Waals surface area (Å²) in [5.41, 5.74) is 1.65. The Morgan fingerprint density at radius 2 is 1.04 bits per heavy atom. The highest BCUT2D eigenvalue weighted by Crippen LogP contribution is 2.72. The van der Waals surface area contributed by atoms with E-state index in [0.29, 0.717) is 12.8 Å². The van der Waals surface area contributed by atoms with Crippen LogP contribution in [0.4, 0.5) is 0 Å². The zero-order chi connectivity index (χ0) is 18.3. The smallest absolute Gasteiger partial charge is 0.173 e. The lowest BCUT2D eigenvalue weighted by Crippen LogP contribution is -2.21. The minimum absolute atomic E-state index is 0.529. The van der Waals surface area contributed by atoms with Crippen molar-refractivity contribution in [3.05, 3.63) is 59.7 Å². The highest BCUT2D eigenvalue weighted by molar-refractivity contribution is 8.00. The summed E-state index contributed by atoms with van der Waals surface area (Å²) in [4.78, 5) is 0. The van der Waals surface area contributed by atoms with Gasteiger partial charge in [-0.25, -0.2) is 8.42 Å². The van der Waals surface area contributed by atoms with Crippen LogP contribution in [0.1, 0.15) is 37.8 Å². The second kappa shape index (κ2) is 6.06. The third-order valence-electron chi connectivity index (χ3n) is 5.64. The number of benzene rings is 2. The van der Waals surface area contributed by atoms with Gasteiger partial charge in [-0.15, -0.1) is 0 Å². The predicted octanol–water partition coefficient (Wildman–Crippen LogP) is 4.04. The lowest BCUT2D eigenvalue weighted by Gasteiger charge is -2.20. The average Bonchev–Trinajstić information content (AvgIpc) is 3.12. The maximum atomic E-state index is 13.4. The Morgan fingerprint density at radius 3 is 1.28 bits per heavy atom. The molecule has 0 bridgehead atoms. The maximum Gasteiger partial charge on any atom is 0.173 e. The summed E-state index contributed by atoms with van der Waals surface area (Å²) in [7, 11) is -0.142. The quantitative estimate of drug-likeness (QED) is 0.730. The highest BCUT2D eigenvalue weighted by atomic mass is 32.2. The van der Waals surface area contributed by atoms with Crippen molar-refractivity contribution in [3.8, 4) is 11.5 Å². The molecule has 134 valence electrons. The second-order valence-electron chi connectivity index (χ2n) is 6.32. The van der Waals surface area contributed by atoms with Crippen LogP contribution in [-0.4, -0.2) is 22.6 Å². The normalized spacial score (nSPS) is 26.9. The molecule has 0 N–H and O–H groups in total. The van der Waals surface area contributed by atoms with E-state index < -0.39 is 19.3 Å². The van der Waals surface area contributed by atoms with E-state index in [1.807, 2.05) is 62.4 Å². The fraction of sp³-hybridized carbons (Fsp3) is 0.400. The number of methoxy groups -OCH3 is 2. The van der Waals surface area contributed by atoms with Crippen molar-refractivity contribution in [3.63, 3.8) is 0 Å². The van der Waals surface area contributed by atoms with Crippen LogP contribution >= 0.6 is 0 Å². The number of sulfone groups is 1. The summed E-state index contributed by atoms with van der Waals surface area (Å²) in [5.74, 6) is 1.44. The first-order valence-corrected chi connectivity index (χ1v) is 9.96. The van der Waals surface area contributed by atoms with E-state index in [-0.39, 0.29) is 0 Å². The van der Waals surface area contributed by atoms with Crippen LogP contribution in [0.5, 0.6) is 11.5 Å². The van der Waals surface area contributed by atoms with Crippen LogP contribution < -0.4 is 9.47 Å². The van der Waals surface area contributed by atoms with Crippen LogP contribution in [0.3, 0.4) is 0 Å². The van der Waals surface area contributed by atoms with E-state index >= 15 is 0 Å². The highest BCUT2D eigenvalue weighted by Gasteiger charge is 2.82. The third-order valence-corrected chi connectivity index (χ3v) is 9.01. The van der Waals surface area contributed by atoms with Gasteiger partial charge in [-0.1, -0.05) is 38.1 Å². The molecule has 1 saturated heterocycles. The van der Waals surface area contributed by atoms with Gasteiger partial charge in [0, 0.05) is 0 Å². The first-order valence-electron chi connectivity index (χ1n) is 8.48. The Hall–Kier alpha value is -2.01. The molecule has 0 saturated carbocycles. The van der Waals surface area contributed by atoms with Gasteiger partial charge < -0.3 is 9.47 Å². The molecule has 0 unspecified atom stereocenters. The van der Waals surface area contributed by atoms with Crippen molar-refractivity contribution in [2.45, 2.75) is 36.2 Å². The minimum atomic E-state index is -3.35. The third kappa shape index (κ3) is 2.08. The van der Waals surface area contributed by atoms with Crippen LogP contribution in [0.25, 0.3) is 0 Å². The van der Waals surface area contributed by atoms with Crippen LogP contribution in [0.2, 0.25) is 0 Å². The van der Waals surface area contributed by atoms with E-state index in [9.17, 15) is 8.42 Å². The Morgan fingerprint density at radius 1 is 0.720 bits per heavy atom. The van der Waals surface area contributed by atoms with Crippen molar-refractivity contribution in [1.82, 2.24) is 0 Å². The molecule has 5 heteroatoms. The summed E-state index contributed by atoms with van der Waals surface area (Å²) in [6, 6.07) is 14.8. The molecule has 0 amide bonds. The molecule has 1 heterocycles. The van der Waals surface area contributed by atoms with Gasteiger partial charge in [0.2, 0.25) is 0 Å². The molecule has 1 aliphatic heterocycles. The molecule has 3 rings (SSSR count). The molecule has 0 spiro atoms. The van der Waals surface area contributed by atoms with Crippen molar-refractivity contribution >= 4 is 9.84 Å². The van der Waals surface area contributed by atoms with E-state index in [1.165, 1.54) is 0 Å². The van der Waals surface area contributed by atoms with Crippen molar-refractivity contribution in [2.75, 3.05) is 14.2 Å². The first kappa shape index (κ1) is 17.8. The average molecular weight is 360 g/mol. The van der Waals surface area contributed by atoms with Crippen LogP contribution in [-0.2, 0) is 19.3 Å². The largest absolute Gasteiger partial charge is 0.497 e. The summed E-state index contributed by atoms with van der Waals surface area (Å²) in [6.07, 6.45) is 1.06. The zero-order valence-corrected chi connectivity index (χ0v) is 15.9. The van der Waals surface area contributed by atoms with E-state index in [4.69, 9.17) is 9.47 Å². The van der Waals surface area contributed by atoms with E-state index in [1.54, 1.807) is 14.2 Å². The Bertz CT molecular complexity index is 788. The lowest BCUT2D eigenvalue weighted by molar-refractivity contribution is 0.413. The molecule has 0 aliphatic carbocycles. The van der Waals surface area contributed by atoms with Gasteiger partial charge in [-0.3, -0.25) is 0 Å². The molecular formula is C20H24O4S. The number of rotatable bonds is 6. The standard InChI is InChI=1S/C20H24O4S/c1-5-19(15-7-11-17(23-3)12-8-15)20(6-2,25(19,21)22)16-9-13-18(24-4)14-10-16/h7-14H,5-6H2,1-4H3/t19-,20-/m0/s1. The van der Waals surface area contributed by atoms with Gasteiger partial charge in [-0.2, -0.15) is 0 Å². The molecule has 0 radical (unpaired) electrons. The summed E-state index contributed by atoms with van der Waals surface area (Å²) >= 11 is 0. The fourth-order valence-corrected chi connectivity index (χ4v) is 7.76. The summed E-state index contributed by atoms with van der Waals surface area (Å²) in [5, 5.41) is 0. The molecule has 1 fully saturated rings. The first-order chi connectivity index (χ1) is 11.9. The van der Waals surface area contributed by atoms with Crippen molar-refractivity contribution in [1.29, 1.82) is 0 Å². The SMILES string of the molecule is CC[C@]1(c2ccc(OC)cc2)[C@](CC)(c2ccc(OC)cc2)S1(=O)=O. The van der Waals surface area contributed by atoms with Crippen molar-refractivity contribution in [2.24, 2.45) is 0 Å². The predicted molar refractivity (Wildman–Crippen MR) is 98.8 cm³/mol. The number of hydrogen-bond acceptors (Lipinski definition) is 4. The zero-order valence-electron chi connectivity index (χ0n) is 15.1. The Kier molecular flexibility index (Phi) is 4.31. The van der Waals surface area contributed by atoms with Gasteiger partial charge in [0.05, 0.1) is 14.2 Å². The molecule has 2 aromatic carbocycles. The van der Waals surface area contributed by atoms with Gasteiger partial charge >= 0.3 is 0 Å². The summed E-state index contributed by atoms with van der Waals surface area (Å²) in [6.45, 7) is 3.89. The van der Waals surface area contributed by atoms with Crippen molar-refractivity contribution < 1.29 is 17.9 Å². The molecule has 25 heavy (non-hydrogen) atoms.